The maximum absolute atomic E-state index is 12.5. The molecule has 0 aromatic carbocycles. The van der Waals surface area contributed by atoms with Gasteiger partial charge in [0.2, 0.25) is 15.9 Å². The van der Waals surface area contributed by atoms with Gasteiger partial charge in [0.25, 0.3) is 0 Å². The molecule has 3 heterocycles. The minimum atomic E-state index is -3.51. The van der Waals surface area contributed by atoms with E-state index in [9.17, 15) is 8.42 Å². The van der Waals surface area contributed by atoms with Crippen LogP contribution in [0.5, 0.6) is 11.6 Å². The molecule has 31 heavy (non-hydrogen) atoms. The van der Waals surface area contributed by atoms with Crippen LogP contribution in [0.1, 0.15) is 35.4 Å². The quantitative estimate of drug-likeness (QED) is 0.621. The van der Waals surface area contributed by atoms with Gasteiger partial charge in [-0.2, -0.15) is 5.26 Å². The lowest BCUT2D eigenvalue weighted by molar-refractivity contribution is 0.455. The van der Waals surface area contributed by atoms with Crippen LogP contribution in [0.4, 0.5) is 5.69 Å². The molecular weight excluding hydrogens is 414 g/mol. The first-order valence-electron chi connectivity index (χ1n) is 9.78. The summed E-state index contributed by atoms with van der Waals surface area (Å²) in [6.07, 6.45) is 4.34. The van der Waals surface area contributed by atoms with E-state index >= 15 is 0 Å². The Bertz CT molecular complexity index is 1290. The largest absolute Gasteiger partial charge is 0.435 e. The van der Waals surface area contributed by atoms with Gasteiger partial charge in [0.15, 0.2) is 5.75 Å². The maximum Gasteiger partial charge on any atom is 0.244 e. The topological polar surface area (TPSA) is 118 Å². The molecule has 3 aromatic rings. The Labute approximate surface area is 181 Å². The molecular formula is C22H21N5O3S. The SMILES string of the molecule is Cc1cc(C)c(Oc2nc(-c3cncc(C#N)c3)ccc2NS(=O)(=O)C2CC2)c(C)n1. The molecule has 1 aliphatic carbocycles. The lowest BCUT2D eigenvalue weighted by Gasteiger charge is -2.16. The molecule has 158 valence electrons. The number of aryl methyl sites for hydroxylation is 3. The second-order valence-electron chi connectivity index (χ2n) is 7.57. The molecule has 9 heteroatoms. The number of nitrogens with zero attached hydrogens (tertiary/aromatic N) is 4. The van der Waals surface area contributed by atoms with Crippen LogP contribution in [0.25, 0.3) is 11.3 Å². The number of aromatic nitrogens is 3. The second kappa shape index (κ2) is 7.96. The highest BCUT2D eigenvalue weighted by Crippen LogP contribution is 2.36. The Balaban J connectivity index is 1.79. The van der Waals surface area contributed by atoms with Crippen molar-refractivity contribution < 1.29 is 13.2 Å². The van der Waals surface area contributed by atoms with Crippen molar-refractivity contribution in [3.05, 3.63) is 59.2 Å². The van der Waals surface area contributed by atoms with E-state index in [1.54, 1.807) is 24.4 Å². The van der Waals surface area contributed by atoms with E-state index in [0.717, 1.165) is 11.3 Å². The number of ether oxygens (including phenoxy) is 1. The number of nitriles is 1. The van der Waals surface area contributed by atoms with Gasteiger partial charge in [-0.25, -0.2) is 13.4 Å². The predicted octanol–water partition coefficient (Wildman–Crippen LogP) is 4.03. The molecule has 0 unspecified atom stereocenters. The van der Waals surface area contributed by atoms with E-state index in [1.165, 1.54) is 6.20 Å². The summed E-state index contributed by atoms with van der Waals surface area (Å²) in [4.78, 5) is 13.1. The average molecular weight is 436 g/mol. The van der Waals surface area contributed by atoms with Crippen LogP contribution < -0.4 is 9.46 Å². The lowest BCUT2D eigenvalue weighted by atomic mass is 10.1. The molecule has 0 aliphatic heterocycles. The van der Waals surface area contributed by atoms with Crippen molar-refractivity contribution in [3.63, 3.8) is 0 Å². The summed E-state index contributed by atoms with van der Waals surface area (Å²) in [5.74, 6) is 0.631. The third-order valence-corrected chi connectivity index (χ3v) is 6.75. The van der Waals surface area contributed by atoms with E-state index in [1.807, 2.05) is 26.8 Å². The van der Waals surface area contributed by atoms with Gasteiger partial charge >= 0.3 is 0 Å². The average Bonchev–Trinajstić information content (AvgIpc) is 3.57. The molecule has 1 fully saturated rings. The smallest absolute Gasteiger partial charge is 0.244 e. The standard InChI is InChI=1S/C22H21N5O3S/c1-13-8-14(2)25-15(3)21(13)30-22-20(27-31(28,29)18-4-5-18)7-6-19(26-22)17-9-16(10-23)11-24-12-17/h6-9,11-12,18,27H,4-5H2,1-3H3. The van der Waals surface area contributed by atoms with E-state index in [0.29, 0.717) is 41.1 Å². The Morgan fingerprint density at radius 1 is 1.13 bits per heavy atom. The van der Waals surface area contributed by atoms with Gasteiger partial charge in [-0.1, -0.05) is 0 Å². The van der Waals surface area contributed by atoms with Crippen LogP contribution in [0.3, 0.4) is 0 Å². The molecule has 0 bridgehead atoms. The van der Waals surface area contributed by atoms with Crippen molar-refractivity contribution in [2.75, 3.05) is 4.72 Å². The third kappa shape index (κ3) is 4.49. The molecule has 4 rings (SSSR count). The number of anilines is 1. The van der Waals surface area contributed by atoms with Crippen molar-refractivity contribution >= 4 is 15.7 Å². The van der Waals surface area contributed by atoms with Crippen LogP contribution in [0.2, 0.25) is 0 Å². The summed E-state index contributed by atoms with van der Waals surface area (Å²) in [7, 11) is -3.51. The summed E-state index contributed by atoms with van der Waals surface area (Å²) in [5.41, 5.74) is 4.17. The molecule has 1 aliphatic rings. The first kappa shape index (κ1) is 20.8. The molecule has 1 N–H and O–H groups in total. The lowest BCUT2D eigenvalue weighted by Crippen LogP contribution is -2.18. The van der Waals surface area contributed by atoms with E-state index in [2.05, 4.69) is 25.7 Å². The second-order valence-corrected chi connectivity index (χ2v) is 9.53. The number of nitrogens with one attached hydrogen (secondary N) is 1. The fourth-order valence-corrected chi connectivity index (χ4v) is 4.66. The zero-order valence-corrected chi connectivity index (χ0v) is 18.2. The van der Waals surface area contributed by atoms with Gasteiger partial charge in [0, 0.05) is 23.7 Å². The Morgan fingerprint density at radius 3 is 2.58 bits per heavy atom. The van der Waals surface area contributed by atoms with Crippen molar-refractivity contribution in [1.82, 2.24) is 15.0 Å². The van der Waals surface area contributed by atoms with Crippen molar-refractivity contribution in [3.8, 4) is 29.0 Å². The van der Waals surface area contributed by atoms with Crippen LogP contribution in [0.15, 0.2) is 36.7 Å². The number of sulfonamides is 1. The van der Waals surface area contributed by atoms with Crippen molar-refractivity contribution in [1.29, 1.82) is 5.26 Å². The molecule has 8 nitrogen and oxygen atoms in total. The predicted molar refractivity (Wildman–Crippen MR) is 116 cm³/mol. The van der Waals surface area contributed by atoms with Crippen LogP contribution in [0, 0.1) is 32.1 Å². The normalized spacial score (nSPS) is 13.5. The molecule has 0 saturated heterocycles. The monoisotopic (exact) mass is 435 g/mol. The van der Waals surface area contributed by atoms with E-state index in [-0.39, 0.29) is 16.8 Å². The van der Waals surface area contributed by atoms with E-state index in [4.69, 9.17) is 10.00 Å². The minimum Gasteiger partial charge on any atom is -0.435 e. The van der Waals surface area contributed by atoms with Crippen LogP contribution in [-0.4, -0.2) is 28.6 Å². The summed E-state index contributed by atoms with van der Waals surface area (Å²) in [6.45, 7) is 5.62. The molecule has 3 aromatic heterocycles. The first-order chi connectivity index (χ1) is 14.8. The molecule has 0 radical (unpaired) electrons. The van der Waals surface area contributed by atoms with Crippen molar-refractivity contribution in [2.45, 2.75) is 38.9 Å². The fraction of sp³-hybridized carbons (Fsp3) is 0.273. The first-order valence-corrected chi connectivity index (χ1v) is 11.3. The highest BCUT2D eigenvalue weighted by Gasteiger charge is 2.36. The van der Waals surface area contributed by atoms with Gasteiger partial charge in [-0.05, 0) is 63.4 Å². The van der Waals surface area contributed by atoms with Gasteiger partial charge in [-0.3, -0.25) is 14.7 Å². The maximum atomic E-state index is 12.5. The number of hydrogen-bond donors (Lipinski definition) is 1. The number of pyridine rings is 3. The van der Waals surface area contributed by atoms with Gasteiger partial charge < -0.3 is 4.74 Å². The van der Waals surface area contributed by atoms with Crippen LogP contribution >= 0.6 is 0 Å². The minimum absolute atomic E-state index is 0.112. The molecule has 0 spiro atoms. The third-order valence-electron chi connectivity index (χ3n) is 4.89. The van der Waals surface area contributed by atoms with E-state index < -0.39 is 10.0 Å². The van der Waals surface area contributed by atoms with Gasteiger partial charge in [-0.15, -0.1) is 0 Å². The molecule has 0 atom stereocenters. The highest BCUT2D eigenvalue weighted by molar-refractivity contribution is 7.93. The van der Waals surface area contributed by atoms with Gasteiger partial charge in [0.05, 0.1) is 22.2 Å². The zero-order chi connectivity index (χ0) is 22.2. The summed E-state index contributed by atoms with van der Waals surface area (Å²) >= 11 is 0. The Kier molecular flexibility index (Phi) is 5.33. The molecule has 0 amide bonds. The summed E-state index contributed by atoms with van der Waals surface area (Å²) < 4.78 is 33.8. The zero-order valence-electron chi connectivity index (χ0n) is 17.4. The summed E-state index contributed by atoms with van der Waals surface area (Å²) in [5, 5.41) is 8.76. The Hall–Kier alpha value is -3.51. The Morgan fingerprint density at radius 2 is 1.90 bits per heavy atom. The van der Waals surface area contributed by atoms with Crippen molar-refractivity contribution in [2.24, 2.45) is 0 Å². The fourth-order valence-electron chi connectivity index (χ4n) is 3.28. The summed E-state index contributed by atoms with van der Waals surface area (Å²) in [6, 6.07) is 8.89. The highest BCUT2D eigenvalue weighted by atomic mass is 32.2. The number of hydrogen-bond acceptors (Lipinski definition) is 7. The number of rotatable bonds is 6. The molecule has 1 saturated carbocycles. The van der Waals surface area contributed by atoms with Crippen LogP contribution in [-0.2, 0) is 10.0 Å². The van der Waals surface area contributed by atoms with Gasteiger partial charge in [0.1, 0.15) is 11.8 Å².